The molecule has 0 aliphatic heterocycles. The van der Waals surface area contributed by atoms with Gasteiger partial charge in [-0.1, -0.05) is 68.4 Å². The van der Waals surface area contributed by atoms with E-state index in [1.807, 2.05) is 13.8 Å². The number of hydrogen-bond acceptors (Lipinski definition) is 2. The quantitative estimate of drug-likeness (QED) is 0.168. The van der Waals surface area contributed by atoms with E-state index in [-0.39, 0.29) is 0 Å². The number of hydrogen-bond donors (Lipinski definition) is 2. The molecule has 0 aromatic heterocycles. The van der Waals surface area contributed by atoms with Crippen LogP contribution in [0.15, 0.2) is 34.4 Å². The molecule has 1 rings (SSSR count). The summed E-state index contributed by atoms with van der Waals surface area (Å²) >= 11 is 0. The second-order valence-electron chi connectivity index (χ2n) is 10.1. The molecule has 0 radical (unpaired) electrons. The molecule has 2 nitrogen and oxygen atoms in total. The Labute approximate surface area is 189 Å². The molecule has 0 saturated heterocycles. The van der Waals surface area contributed by atoms with Gasteiger partial charge in [-0.2, -0.15) is 0 Å². The van der Waals surface area contributed by atoms with Gasteiger partial charge < -0.3 is 10.2 Å². The van der Waals surface area contributed by atoms with Crippen molar-refractivity contribution < 1.29 is 10.2 Å². The van der Waals surface area contributed by atoms with Crippen molar-refractivity contribution in [3.8, 4) is 0 Å². The highest BCUT2D eigenvalue weighted by Gasteiger charge is 2.22. The maximum absolute atomic E-state index is 10.5. The summed E-state index contributed by atoms with van der Waals surface area (Å²) in [6.45, 7) is 13.0. The van der Waals surface area contributed by atoms with Crippen LogP contribution in [0.2, 0.25) is 0 Å². The lowest BCUT2D eigenvalue weighted by atomic mass is 9.86. The van der Waals surface area contributed by atoms with Gasteiger partial charge in [-0.15, -0.1) is 9.24 Å². The standard InChI is InChI=1S/C27H49O2P/c1-7-8-9-17-27(6,29)18-11-14-20(2)12-10-13-21(3)15-16-24-19-25(28)22(4)23(5)26(24)30/h14,19,21,25-26,28-29H,7-13,15-18,30H2,1-6H3/b20-14+. The van der Waals surface area contributed by atoms with Gasteiger partial charge in [-0.25, -0.2) is 0 Å². The van der Waals surface area contributed by atoms with E-state index in [9.17, 15) is 10.2 Å². The zero-order valence-electron chi connectivity index (χ0n) is 20.6. The van der Waals surface area contributed by atoms with E-state index < -0.39 is 11.7 Å². The summed E-state index contributed by atoms with van der Waals surface area (Å²) in [5.41, 5.74) is 5.14. The zero-order valence-corrected chi connectivity index (χ0v) is 21.8. The number of aliphatic hydroxyl groups excluding tert-OH is 1. The van der Waals surface area contributed by atoms with E-state index in [1.165, 1.54) is 48.8 Å². The monoisotopic (exact) mass is 436 g/mol. The van der Waals surface area contributed by atoms with Crippen LogP contribution in [0, 0.1) is 5.92 Å². The molecular weight excluding hydrogens is 387 g/mol. The molecule has 0 heterocycles. The van der Waals surface area contributed by atoms with E-state index in [0.717, 1.165) is 44.1 Å². The van der Waals surface area contributed by atoms with Crippen LogP contribution in [0.4, 0.5) is 0 Å². The molecule has 0 amide bonds. The SMILES string of the molecule is CCCCCC(C)(O)CC/C=C(\C)CCCC(C)CCC1=CC(O)C(C)=C(C)C1P. The molecule has 2 N–H and O–H groups in total. The molecule has 0 aromatic rings. The zero-order chi connectivity index (χ0) is 22.7. The largest absolute Gasteiger partial charge is 0.390 e. The van der Waals surface area contributed by atoms with Crippen molar-refractivity contribution in [2.45, 2.75) is 130 Å². The molecule has 5 atom stereocenters. The third kappa shape index (κ3) is 10.3. The fourth-order valence-electron chi connectivity index (χ4n) is 4.33. The van der Waals surface area contributed by atoms with Crippen molar-refractivity contribution in [1.82, 2.24) is 0 Å². The van der Waals surface area contributed by atoms with Gasteiger partial charge in [0, 0.05) is 5.66 Å². The minimum atomic E-state index is -0.511. The Morgan fingerprint density at radius 3 is 2.53 bits per heavy atom. The van der Waals surface area contributed by atoms with Crippen LogP contribution in [0.1, 0.15) is 112 Å². The van der Waals surface area contributed by atoms with Gasteiger partial charge in [0.1, 0.15) is 0 Å². The van der Waals surface area contributed by atoms with E-state index in [0.29, 0.717) is 11.6 Å². The third-order valence-corrected chi connectivity index (χ3v) is 7.92. The van der Waals surface area contributed by atoms with Crippen molar-refractivity contribution in [2.75, 3.05) is 0 Å². The Morgan fingerprint density at radius 2 is 1.87 bits per heavy atom. The number of allylic oxidation sites excluding steroid dienone is 4. The van der Waals surface area contributed by atoms with Gasteiger partial charge in [0.25, 0.3) is 0 Å². The lowest BCUT2D eigenvalue weighted by molar-refractivity contribution is 0.0403. The summed E-state index contributed by atoms with van der Waals surface area (Å²) in [5.74, 6) is 0.708. The van der Waals surface area contributed by atoms with Crippen LogP contribution in [0.5, 0.6) is 0 Å². The van der Waals surface area contributed by atoms with Crippen LogP contribution < -0.4 is 0 Å². The predicted molar refractivity (Wildman–Crippen MR) is 136 cm³/mol. The van der Waals surface area contributed by atoms with Gasteiger partial charge >= 0.3 is 0 Å². The van der Waals surface area contributed by atoms with Gasteiger partial charge in [-0.05, 0) is 84.1 Å². The Morgan fingerprint density at radius 1 is 1.17 bits per heavy atom. The molecule has 1 aliphatic rings. The highest BCUT2D eigenvalue weighted by Crippen LogP contribution is 2.34. The topological polar surface area (TPSA) is 40.5 Å². The molecule has 0 fully saturated rings. The fourth-order valence-corrected chi connectivity index (χ4v) is 4.87. The van der Waals surface area contributed by atoms with Gasteiger partial charge in [0.05, 0.1) is 11.7 Å². The molecule has 30 heavy (non-hydrogen) atoms. The maximum atomic E-state index is 10.5. The summed E-state index contributed by atoms with van der Waals surface area (Å²) in [7, 11) is 2.95. The third-order valence-electron chi connectivity index (χ3n) is 6.99. The summed E-state index contributed by atoms with van der Waals surface area (Å²) < 4.78 is 0. The summed E-state index contributed by atoms with van der Waals surface area (Å²) in [5, 5.41) is 20.7. The summed E-state index contributed by atoms with van der Waals surface area (Å²) in [6, 6.07) is 0. The number of rotatable bonds is 14. The maximum Gasteiger partial charge on any atom is 0.0934 e. The van der Waals surface area contributed by atoms with Gasteiger partial charge in [0.2, 0.25) is 0 Å². The average molecular weight is 437 g/mol. The second-order valence-corrected chi connectivity index (χ2v) is 10.8. The van der Waals surface area contributed by atoms with Crippen molar-refractivity contribution in [3.05, 3.63) is 34.4 Å². The van der Waals surface area contributed by atoms with Crippen LogP contribution in [-0.4, -0.2) is 27.6 Å². The van der Waals surface area contributed by atoms with Crippen LogP contribution in [0.25, 0.3) is 0 Å². The second kappa shape index (κ2) is 13.9. The van der Waals surface area contributed by atoms with Crippen molar-refractivity contribution in [1.29, 1.82) is 0 Å². The molecule has 174 valence electrons. The van der Waals surface area contributed by atoms with Crippen LogP contribution >= 0.6 is 9.24 Å². The number of unbranched alkanes of at least 4 members (excludes halogenated alkanes) is 2. The Hall–Kier alpha value is -0.430. The molecule has 5 unspecified atom stereocenters. The minimum absolute atomic E-state index is 0.393. The first-order valence-corrected chi connectivity index (χ1v) is 12.9. The predicted octanol–water partition coefficient (Wildman–Crippen LogP) is 7.51. The molecule has 0 spiro atoms. The molecule has 0 saturated carbocycles. The summed E-state index contributed by atoms with van der Waals surface area (Å²) in [6.07, 6.45) is 16.3. The smallest absolute Gasteiger partial charge is 0.0934 e. The average Bonchev–Trinajstić information content (AvgIpc) is 2.68. The molecule has 3 heteroatoms. The van der Waals surface area contributed by atoms with Gasteiger partial charge in [0.15, 0.2) is 0 Å². The minimum Gasteiger partial charge on any atom is -0.390 e. The Balaban J connectivity index is 2.26. The van der Waals surface area contributed by atoms with E-state index in [1.54, 1.807) is 0 Å². The van der Waals surface area contributed by atoms with Crippen molar-refractivity contribution in [3.63, 3.8) is 0 Å². The van der Waals surface area contributed by atoms with E-state index >= 15 is 0 Å². The van der Waals surface area contributed by atoms with E-state index in [2.05, 4.69) is 49.1 Å². The Kier molecular flexibility index (Phi) is 12.8. The lowest BCUT2D eigenvalue weighted by Crippen LogP contribution is -2.23. The van der Waals surface area contributed by atoms with Crippen molar-refractivity contribution in [2.24, 2.45) is 5.92 Å². The van der Waals surface area contributed by atoms with Crippen LogP contribution in [0.3, 0.4) is 0 Å². The molecule has 1 aliphatic carbocycles. The first-order valence-electron chi connectivity index (χ1n) is 12.3. The molecular formula is C27H49O2P. The number of aliphatic hydroxyl groups is 2. The fraction of sp³-hybridized carbons (Fsp3) is 0.778. The van der Waals surface area contributed by atoms with Crippen LogP contribution in [-0.2, 0) is 0 Å². The highest BCUT2D eigenvalue weighted by molar-refractivity contribution is 7.18. The van der Waals surface area contributed by atoms with Gasteiger partial charge in [-0.3, -0.25) is 0 Å². The Bertz CT molecular complexity index is 600. The lowest BCUT2D eigenvalue weighted by Gasteiger charge is -2.27. The normalized spacial score (nSPS) is 23.4. The summed E-state index contributed by atoms with van der Waals surface area (Å²) in [4.78, 5) is 0. The molecule has 0 bridgehead atoms. The van der Waals surface area contributed by atoms with E-state index in [4.69, 9.17) is 0 Å². The first kappa shape index (κ1) is 27.6. The molecule has 0 aromatic carbocycles. The highest BCUT2D eigenvalue weighted by atomic mass is 31.0. The van der Waals surface area contributed by atoms with Crippen molar-refractivity contribution >= 4 is 9.24 Å². The first-order chi connectivity index (χ1) is 14.1.